The lowest BCUT2D eigenvalue weighted by molar-refractivity contribution is 0.726. The van der Waals surface area contributed by atoms with E-state index in [0.29, 0.717) is 11.7 Å². The van der Waals surface area contributed by atoms with Crippen LogP contribution in [-0.2, 0) is 6.54 Å². The van der Waals surface area contributed by atoms with E-state index >= 15 is 0 Å². The zero-order chi connectivity index (χ0) is 17.5. The van der Waals surface area contributed by atoms with Crippen LogP contribution in [0.25, 0.3) is 0 Å². The number of hydrogen-bond acceptors (Lipinski definition) is 3. The molecule has 1 aromatic heterocycles. The molecule has 2 heterocycles. The van der Waals surface area contributed by atoms with Crippen LogP contribution < -0.4 is 15.5 Å². The summed E-state index contributed by atoms with van der Waals surface area (Å²) in [6.45, 7) is 2.85. The number of anilines is 2. The maximum absolute atomic E-state index is 5.89. The fourth-order valence-electron chi connectivity index (χ4n) is 2.91. The predicted octanol–water partition coefficient (Wildman–Crippen LogP) is 4.60. The molecule has 1 aliphatic heterocycles. The van der Waals surface area contributed by atoms with Gasteiger partial charge in [-0.1, -0.05) is 36.6 Å². The minimum absolute atomic E-state index is 0.583. The van der Waals surface area contributed by atoms with E-state index in [1.807, 2.05) is 36.5 Å². The summed E-state index contributed by atoms with van der Waals surface area (Å²) in [7, 11) is 0. The number of pyridine rings is 1. The first-order chi connectivity index (χ1) is 12.2. The van der Waals surface area contributed by atoms with E-state index in [9.17, 15) is 0 Å². The van der Waals surface area contributed by atoms with Crippen LogP contribution in [0.5, 0.6) is 0 Å². The highest BCUT2D eigenvalue weighted by Gasteiger charge is 2.10. The van der Waals surface area contributed by atoms with Crippen molar-refractivity contribution in [1.82, 2.24) is 10.3 Å². The third-order valence-electron chi connectivity index (χ3n) is 4.30. The first-order valence-electron chi connectivity index (χ1n) is 8.71. The minimum atomic E-state index is 0.583. The van der Waals surface area contributed by atoms with Crippen LogP contribution >= 0.6 is 23.8 Å². The van der Waals surface area contributed by atoms with Gasteiger partial charge in [0, 0.05) is 24.7 Å². The predicted molar refractivity (Wildman–Crippen MR) is 109 cm³/mol. The Balaban J connectivity index is 1.50. The van der Waals surface area contributed by atoms with Gasteiger partial charge >= 0.3 is 0 Å². The maximum atomic E-state index is 5.89. The highest BCUT2D eigenvalue weighted by Crippen LogP contribution is 2.18. The number of halogens is 1. The van der Waals surface area contributed by atoms with E-state index < -0.39 is 0 Å². The summed E-state index contributed by atoms with van der Waals surface area (Å²) in [5.41, 5.74) is 2.02. The van der Waals surface area contributed by atoms with Gasteiger partial charge in [0.2, 0.25) is 0 Å². The monoisotopic (exact) mass is 374 g/mol. The first kappa shape index (κ1) is 18.0. The Bertz CT molecular complexity index is 680. The molecule has 0 unspecified atom stereocenters. The van der Waals surface area contributed by atoms with Crippen molar-refractivity contribution in [3.05, 3.63) is 53.2 Å². The van der Waals surface area contributed by atoms with Gasteiger partial charge in [-0.05, 0) is 54.9 Å². The smallest absolute Gasteiger partial charge is 0.171 e. The van der Waals surface area contributed by atoms with Crippen molar-refractivity contribution in [1.29, 1.82) is 0 Å². The summed E-state index contributed by atoms with van der Waals surface area (Å²) >= 11 is 11.2. The molecule has 0 radical (unpaired) electrons. The van der Waals surface area contributed by atoms with Crippen molar-refractivity contribution in [3.63, 3.8) is 0 Å². The topological polar surface area (TPSA) is 40.2 Å². The molecule has 2 aromatic rings. The fourth-order valence-corrected chi connectivity index (χ4v) is 3.22. The zero-order valence-electron chi connectivity index (χ0n) is 14.2. The molecule has 6 heteroatoms. The Morgan fingerprint density at radius 1 is 1.04 bits per heavy atom. The van der Waals surface area contributed by atoms with Gasteiger partial charge in [0.1, 0.15) is 5.82 Å². The molecule has 1 aromatic carbocycles. The van der Waals surface area contributed by atoms with Crippen molar-refractivity contribution < 1.29 is 0 Å². The normalized spacial score (nSPS) is 14.7. The van der Waals surface area contributed by atoms with Crippen LogP contribution in [0.1, 0.15) is 31.2 Å². The molecule has 1 saturated heterocycles. The number of benzene rings is 1. The van der Waals surface area contributed by atoms with Gasteiger partial charge in [-0.25, -0.2) is 4.98 Å². The lowest BCUT2D eigenvalue weighted by Crippen LogP contribution is -2.28. The third kappa shape index (κ3) is 5.58. The van der Waals surface area contributed by atoms with Crippen molar-refractivity contribution in [2.24, 2.45) is 0 Å². The number of hydrogen-bond donors (Lipinski definition) is 2. The summed E-state index contributed by atoms with van der Waals surface area (Å²) in [4.78, 5) is 6.96. The molecule has 1 aliphatic rings. The average molecular weight is 375 g/mol. The molecule has 0 aliphatic carbocycles. The van der Waals surface area contributed by atoms with Gasteiger partial charge in [-0.3, -0.25) is 0 Å². The second-order valence-electron chi connectivity index (χ2n) is 6.24. The highest BCUT2D eigenvalue weighted by atomic mass is 35.5. The van der Waals surface area contributed by atoms with E-state index in [1.54, 1.807) is 0 Å². The molecule has 3 rings (SSSR count). The van der Waals surface area contributed by atoms with E-state index in [0.717, 1.165) is 35.2 Å². The van der Waals surface area contributed by atoms with Crippen LogP contribution in [0.3, 0.4) is 0 Å². The Labute approximate surface area is 159 Å². The van der Waals surface area contributed by atoms with Gasteiger partial charge in [-0.15, -0.1) is 0 Å². The molecular formula is C19H23ClN4S. The van der Waals surface area contributed by atoms with Crippen molar-refractivity contribution in [3.8, 4) is 0 Å². The third-order valence-corrected chi connectivity index (χ3v) is 4.80. The summed E-state index contributed by atoms with van der Waals surface area (Å²) in [5, 5.41) is 7.69. The molecule has 0 spiro atoms. The Kier molecular flexibility index (Phi) is 6.48. The van der Waals surface area contributed by atoms with Crippen molar-refractivity contribution >= 4 is 40.4 Å². The lowest BCUT2D eigenvalue weighted by atomic mass is 10.2. The van der Waals surface area contributed by atoms with Gasteiger partial charge < -0.3 is 15.5 Å². The molecule has 4 nitrogen and oxygen atoms in total. The Morgan fingerprint density at radius 2 is 1.76 bits per heavy atom. The standard InChI is InChI=1S/C19H23ClN4S/c20-16-7-5-15(6-8-16)13-22-19(25)23-17-9-10-18(21-14-17)24-11-3-1-2-4-12-24/h5-10,14H,1-4,11-13H2,(H2,22,23,25). The van der Waals surface area contributed by atoms with Gasteiger partial charge in [0.05, 0.1) is 11.9 Å². The van der Waals surface area contributed by atoms with E-state index in [-0.39, 0.29) is 0 Å². The van der Waals surface area contributed by atoms with Crippen LogP contribution in [-0.4, -0.2) is 23.2 Å². The molecule has 132 valence electrons. The van der Waals surface area contributed by atoms with Gasteiger partial charge in [-0.2, -0.15) is 0 Å². The molecule has 2 N–H and O–H groups in total. The molecule has 25 heavy (non-hydrogen) atoms. The SMILES string of the molecule is S=C(NCc1ccc(Cl)cc1)Nc1ccc(N2CCCCCC2)nc1. The molecule has 0 atom stereocenters. The Hall–Kier alpha value is -1.85. The molecule has 0 bridgehead atoms. The van der Waals surface area contributed by atoms with Gasteiger partial charge in [0.15, 0.2) is 5.11 Å². The second-order valence-corrected chi connectivity index (χ2v) is 7.09. The average Bonchev–Trinajstić information content (AvgIpc) is 2.91. The highest BCUT2D eigenvalue weighted by molar-refractivity contribution is 7.80. The molecule has 0 saturated carbocycles. The van der Waals surface area contributed by atoms with E-state index in [1.165, 1.54) is 25.7 Å². The maximum Gasteiger partial charge on any atom is 0.171 e. The number of thiocarbonyl (C=S) groups is 1. The summed E-state index contributed by atoms with van der Waals surface area (Å²) in [6.07, 6.45) is 6.99. The van der Waals surface area contributed by atoms with Crippen LogP contribution in [0.2, 0.25) is 5.02 Å². The number of nitrogens with one attached hydrogen (secondary N) is 2. The van der Waals surface area contributed by atoms with Crippen LogP contribution in [0, 0.1) is 0 Å². The molecule has 0 amide bonds. The second kappa shape index (κ2) is 9.02. The van der Waals surface area contributed by atoms with Gasteiger partial charge in [0.25, 0.3) is 0 Å². The Morgan fingerprint density at radius 3 is 2.40 bits per heavy atom. The zero-order valence-corrected chi connectivity index (χ0v) is 15.7. The number of rotatable bonds is 4. The summed E-state index contributed by atoms with van der Waals surface area (Å²) < 4.78 is 0. The largest absolute Gasteiger partial charge is 0.358 e. The van der Waals surface area contributed by atoms with Crippen molar-refractivity contribution in [2.75, 3.05) is 23.3 Å². The van der Waals surface area contributed by atoms with Crippen molar-refractivity contribution in [2.45, 2.75) is 32.2 Å². The summed E-state index contributed by atoms with van der Waals surface area (Å²) in [6, 6.07) is 11.8. The number of aromatic nitrogens is 1. The fraction of sp³-hybridized carbons (Fsp3) is 0.368. The van der Waals surface area contributed by atoms with Crippen LogP contribution in [0.4, 0.5) is 11.5 Å². The van der Waals surface area contributed by atoms with Crippen LogP contribution in [0.15, 0.2) is 42.6 Å². The van der Waals surface area contributed by atoms with E-state index in [4.69, 9.17) is 23.8 Å². The molecular weight excluding hydrogens is 352 g/mol. The minimum Gasteiger partial charge on any atom is -0.358 e. The first-order valence-corrected chi connectivity index (χ1v) is 9.50. The summed E-state index contributed by atoms with van der Waals surface area (Å²) in [5.74, 6) is 1.05. The number of nitrogens with zero attached hydrogens (tertiary/aromatic N) is 2. The lowest BCUT2D eigenvalue weighted by Gasteiger charge is -2.21. The van der Waals surface area contributed by atoms with E-state index in [2.05, 4.69) is 26.6 Å². The quantitative estimate of drug-likeness (QED) is 0.765. The molecule has 1 fully saturated rings.